The van der Waals surface area contributed by atoms with Gasteiger partial charge in [-0.3, -0.25) is 9.78 Å². The van der Waals surface area contributed by atoms with Crippen molar-refractivity contribution in [2.75, 3.05) is 13.1 Å². The van der Waals surface area contributed by atoms with E-state index < -0.39 is 5.60 Å². The molecule has 1 aliphatic heterocycles. The van der Waals surface area contributed by atoms with Crippen LogP contribution in [0.2, 0.25) is 0 Å². The SMILES string of the molecule is CC1CN(C(=O)CCc2nc(-c3cccnc3)no2)CCC1(C)O. The first kappa shape index (κ1) is 16.6. The molecule has 3 rings (SSSR count). The van der Waals surface area contributed by atoms with Crippen molar-refractivity contribution >= 4 is 5.91 Å². The van der Waals surface area contributed by atoms with E-state index >= 15 is 0 Å². The van der Waals surface area contributed by atoms with Crippen LogP contribution in [0.3, 0.4) is 0 Å². The fraction of sp³-hybridized carbons (Fsp3) is 0.529. The fourth-order valence-corrected chi connectivity index (χ4v) is 2.79. The van der Waals surface area contributed by atoms with Crippen molar-refractivity contribution in [3.63, 3.8) is 0 Å². The average Bonchev–Trinajstić information content (AvgIpc) is 3.05. The smallest absolute Gasteiger partial charge is 0.227 e. The molecule has 2 unspecified atom stereocenters. The first-order valence-electron chi connectivity index (χ1n) is 8.19. The van der Waals surface area contributed by atoms with E-state index in [4.69, 9.17) is 4.52 Å². The van der Waals surface area contributed by atoms with E-state index in [1.807, 2.05) is 19.9 Å². The second kappa shape index (κ2) is 6.68. The van der Waals surface area contributed by atoms with Crippen molar-refractivity contribution in [3.05, 3.63) is 30.4 Å². The molecule has 2 aromatic rings. The molecule has 0 saturated carbocycles. The molecule has 0 spiro atoms. The number of piperidine rings is 1. The first-order chi connectivity index (χ1) is 11.5. The van der Waals surface area contributed by atoms with E-state index in [2.05, 4.69) is 15.1 Å². The van der Waals surface area contributed by atoms with Gasteiger partial charge < -0.3 is 14.5 Å². The average molecular weight is 330 g/mol. The molecule has 1 aliphatic rings. The third-order valence-corrected chi connectivity index (χ3v) is 4.74. The largest absolute Gasteiger partial charge is 0.390 e. The molecular weight excluding hydrogens is 308 g/mol. The summed E-state index contributed by atoms with van der Waals surface area (Å²) in [4.78, 5) is 22.5. The van der Waals surface area contributed by atoms with Crippen molar-refractivity contribution in [1.29, 1.82) is 0 Å². The van der Waals surface area contributed by atoms with E-state index in [1.165, 1.54) is 0 Å². The molecular formula is C17H22N4O3. The lowest BCUT2D eigenvalue weighted by atomic mass is 9.84. The maximum absolute atomic E-state index is 12.3. The van der Waals surface area contributed by atoms with Crippen LogP contribution in [-0.2, 0) is 11.2 Å². The lowest BCUT2D eigenvalue weighted by molar-refractivity contribution is -0.138. The molecule has 1 fully saturated rings. The Morgan fingerprint density at radius 2 is 2.38 bits per heavy atom. The van der Waals surface area contributed by atoms with E-state index in [0.717, 1.165) is 5.56 Å². The van der Waals surface area contributed by atoms with Gasteiger partial charge in [-0.1, -0.05) is 12.1 Å². The number of pyridine rings is 1. The normalized spacial score (nSPS) is 24.1. The maximum Gasteiger partial charge on any atom is 0.227 e. The second-order valence-corrected chi connectivity index (χ2v) is 6.60. The number of likely N-dealkylation sites (tertiary alicyclic amines) is 1. The number of aromatic nitrogens is 3. The van der Waals surface area contributed by atoms with E-state index in [1.54, 1.807) is 23.4 Å². The Hall–Kier alpha value is -2.28. The monoisotopic (exact) mass is 330 g/mol. The Labute approximate surface area is 140 Å². The predicted molar refractivity (Wildman–Crippen MR) is 86.8 cm³/mol. The van der Waals surface area contributed by atoms with Gasteiger partial charge in [-0.25, -0.2) is 0 Å². The molecule has 1 N–H and O–H groups in total. The Balaban J connectivity index is 1.55. The highest BCUT2D eigenvalue weighted by Crippen LogP contribution is 2.27. The number of carbonyl (C=O) groups excluding carboxylic acids is 1. The van der Waals surface area contributed by atoms with Crippen LogP contribution in [0.25, 0.3) is 11.4 Å². The molecule has 1 saturated heterocycles. The minimum absolute atomic E-state index is 0.0541. The first-order valence-corrected chi connectivity index (χ1v) is 8.19. The van der Waals surface area contributed by atoms with Crippen LogP contribution in [0, 0.1) is 5.92 Å². The van der Waals surface area contributed by atoms with Crippen LogP contribution in [0.4, 0.5) is 0 Å². The third-order valence-electron chi connectivity index (χ3n) is 4.74. The number of carbonyl (C=O) groups is 1. The minimum atomic E-state index is -0.693. The number of aliphatic hydroxyl groups is 1. The number of rotatable bonds is 4. The van der Waals surface area contributed by atoms with Gasteiger partial charge in [0.2, 0.25) is 17.6 Å². The lowest BCUT2D eigenvalue weighted by Crippen LogP contribution is -2.50. The predicted octanol–water partition coefficient (Wildman–Crippen LogP) is 1.68. The molecule has 3 heterocycles. The summed E-state index contributed by atoms with van der Waals surface area (Å²) in [5.41, 5.74) is 0.0907. The highest BCUT2D eigenvalue weighted by atomic mass is 16.5. The number of amides is 1. The standard InChI is InChI=1S/C17H22N4O3/c1-12-11-21(9-7-17(12,2)23)15(22)6-5-14-19-16(20-24-14)13-4-3-8-18-10-13/h3-4,8,10,12,23H,5-7,9,11H2,1-2H3. The summed E-state index contributed by atoms with van der Waals surface area (Å²) >= 11 is 0. The zero-order valence-corrected chi connectivity index (χ0v) is 14.0. The van der Waals surface area contributed by atoms with Crippen molar-refractivity contribution in [2.45, 2.75) is 38.7 Å². The Morgan fingerprint density at radius 3 is 3.08 bits per heavy atom. The Kier molecular flexibility index (Phi) is 4.62. The zero-order chi connectivity index (χ0) is 17.2. The molecule has 0 aliphatic carbocycles. The van der Waals surface area contributed by atoms with Crippen LogP contribution in [0.1, 0.15) is 32.6 Å². The van der Waals surface area contributed by atoms with Gasteiger partial charge in [0.15, 0.2) is 0 Å². The van der Waals surface area contributed by atoms with Gasteiger partial charge in [0.1, 0.15) is 0 Å². The van der Waals surface area contributed by atoms with Crippen LogP contribution in [-0.4, -0.2) is 49.7 Å². The zero-order valence-electron chi connectivity index (χ0n) is 14.0. The van der Waals surface area contributed by atoms with Crippen molar-refractivity contribution in [3.8, 4) is 11.4 Å². The maximum atomic E-state index is 12.3. The molecule has 1 amide bonds. The number of hydrogen-bond acceptors (Lipinski definition) is 6. The topological polar surface area (TPSA) is 92.4 Å². The van der Waals surface area contributed by atoms with E-state index in [-0.39, 0.29) is 11.8 Å². The molecule has 0 aromatic carbocycles. The van der Waals surface area contributed by atoms with Crippen molar-refractivity contribution in [1.82, 2.24) is 20.0 Å². The molecule has 2 atom stereocenters. The number of hydrogen-bond donors (Lipinski definition) is 1. The minimum Gasteiger partial charge on any atom is -0.390 e. The van der Waals surface area contributed by atoms with Gasteiger partial charge in [-0.15, -0.1) is 0 Å². The lowest BCUT2D eigenvalue weighted by Gasteiger charge is -2.41. The Morgan fingerprint density at radius 1 is 1.54 bits per heavy atom. The van der Waals surface area contributed by atoms with Gasteiger partial charge in [0.05, 0.1) is 5.60 Å². The Bertz CT molecular complexity index is 699. The summed E-state index contributed by atoms with van der Waals surface area (Å²) in [7, 11) is 0. The summed E-state index contributed by atoms with van der Waals surface area (Å²) < 4.78 is 5.21. The van der Waals surface area contributed by atoms with Crippen LogP contribution in [0.5, 0.6) is 0 Å². The quantitative estimate of drug-likeness (QED) is 0.917. The van der Waals surface area contributed by atoms with E-state index in [9.17, 15) is 9.90 Å². The molecule has 24 heavy (non-hydrogen) atoms. The third kappa shape index (κ3) is 3.62. The van der Waals surface area contributed by atoms with Crippen molar-refractivity contribution in [2.24, 2.45) is 5.92 Å². The second-order valence-electron chi connectivity index (χ2n) is 6.60. The molecule has 7 heteroatoms. The molecule has 0 radical (unpaired) electrons. The summed E-state index contributed by atoms with van der Waals surface area (Å²) in [5, 5.41) is 14.1. The molecule has 128 valence electrons. The van der Waals surface area contributed by atoms with Gasteiger partial charge in [0.25, 0.3) is 0 Å². The summed E-state index contributed by atoms with van der Waals surface area (Å²) in [6.45, 7) is 4.97. The summed E-state index contributed by atoms with van der Waals surface area (Å²) in [5.74, 6) is 1.04. The van der Waals surface area contributed by atoms with E-state index in [0.29, 0.717) is 44.1 Å². The van der Waals surface area contributed by atoms with Gasteiger partial charge in [-0.2, -0.15) is 4.98 Å². The number of aryl methyl sites for hydroxylation is 1. The fourth-order valence-electron chi connectivity index (χ4n) is 2.79. The summed E-state index contributed by atoms with van der Waals surface area (Å²) in [6, 6.07) is 3.66. The van der Waals surface area contributed by atoms with Crippen LogP contribution < -0.4 is 0 Å². The van der Waals surface area contributed by atoms with Crippen LogP contribution in [0.15, 0.2) is 29.0 Å². The highest BCUT2D eigenvalue weighted by molar-refractivity contribution is 5.76. The molecule has 7 nitrogen and oxygen atoms in total. The van der Waals surface area contributed by atoms with Crippen molar-refractivity contribution < 1.29 is 14.4 Å². The highest BCUT2D eigenvalue weighted by Gasteiger charge is 2.35. The van der Waals surface area contributed by atoms with Crippen LogP contribution >= 0.6 is 0 Å². The van der Waals surface area contributed by atoms with Gasteiger partial charge in [0, 0.05) is 49.8 Å². The molecule has 2 aromatic heterocycles. The van der Waals surface area contributed by atoms with Gasteiger partial charge >= 0.3 is 0 Å². The molecule has 0 bridgehead atoms. The number of nitrogens with zero attached hydrogens (tertiary/aromatic N) is 4. The van der Waals surface area contributed by atoms with Gasteiger partial charge in [-0.05, 0) is 25.5 Å². The summed E-state index contributed by atoms with van der Waals surface area (Å²) in [6.07, 6.45) is 4.68.